The Bertz CT molecular complexity index is 881. The molecule has 1 atom stereocenters. The van der Waals surface area contributed by atoms with Gasteiger partial charge in [0.25, 0.3) is 11.8 Å². The Morgan fingerprint density at radius 3 is 2.50 bits per heavy atom. The maximum atomic E-state index is 13.2. The highest BCUT2D eigenvalue weighted by Gasteiger charge is 2.33. The van der Waals surface area contributed by atoms with Crippen LogP contribution in [0.4, 0.5) is 0 Å². The molecule has 0 bridgehead atoms. The summed E-state index contributed by atoms with van der Waals surface area (Å²) in [5, 5.41) is 1.07. The number of hydrogen-bond donors (Lipinski definition) is 0. The van der Waals surface area contributed by atoms with Crippen molar-refractivity contribution in [1.82, 2.24) is 14.4 Å². The van der Waals surface area contributed by atoms with Crippen molar-refractivity contribution >= 4 is 22.7 Å². The van der Waals surface area contributed by atoms with Gasteiger partial charge in [0.05, 0.1) is 13.2 Å². The van der Waals surface area contributed by atoms with Crippen LogP contribution >= 0.6 is 0 Å². The van der Waals surface area contributed by atoms with E-state index < -0.39 is 6.10 Å². The topological polar surface area (TPSA) is 54.8 Å². The van der Waals surface area contributed by atoms with Crippen molar-refractivity contribution in [2.45, 2.75) is 38.7 Å². The second-order valence-corrected chi connectivity index (χ2v) is 8.00. The van der Waals surface area contributed by atoms with Crippen molar-refractivity contribution in [3.8, 4) is 0 Å². The van der Waals surface area contributed by atoms with E-state index in [9.17, 15) is 9.59 Å². The van der Waals surface area contributed by atoms with E-state index in [1.807, 2.05) is 28.6 Å². The molecule has 2 aromatic rings. The molecular weight excluding hydrogens is 354 g/mol. The molecule has 6 heteroatoms. The van der Waals surface area contributed by atoms with Gasteiger partial charge in [-0.3, -0.25) is 9.59 Å². The van der Waals surface area contributed by atoms with E-state index in [0.29, 0.717) is 25.4 Å². The first kappa shape index (κ1) is 19.0. The monoisotopic (exact) mass is 383 g/mol. The lowest BCUT2D eigenvalue weighted by molar-refractivity contribution is -0.148. The Hall–Kier alpha value is -2.34. The molecule has 3 heterocycles. The molecule has 1 aromatic carbocycles. The Balaban J connectivity index is 1.50. The molecule has 0 radical (unpaired) electrons. The minimum Gasteiger partial charge on any atom is -0.365 e. The van der Waals surface area contributed by atoms with E-state index in [1.165, 1.54) is 18.4 Å². The van der Waals surface area contributed by atoms with Crippen LogP contribution in [0.3, 0.4) is 0 Å². The fraction of sp³-hybridized carbons (Fsp3) is 0.545. The van der Waals surface area contributed by atoms with Crippen LogP contribution in [0.1, 0.15) is 41.7 Å². The molecule has 2 fully saturated rings. The third kappa shape index (κ3) is 3.65. The molecule has 0 aliphatic carbocycles. The number of nitrogens with zero attached hydrogens (tertiary/aromatic N) is 3. The minimum absolute atomic E-state index is 0.0340. The minimum atomic E-state index is -0.548. The van der Waals surface area contributed by atoms with Crippen LogP contribution in [0, 0.1) is 6.92 Å². The molecule has 28 heavy (non-hydrogen) atoms. The zero-order valence-electron chi connectivity index (χ0n) is 16.8. The normalized spacial score (nSPS) is 21.0. The lowest BCUT2D eigenvalue weighted by atomic mass is 10.2. The molecule has 6 nitrogen and oxygen atoms in total. The van der Waals surface area contributed by atoms with Crippen LogP contribution in [0.15, 0.2) is 24.3 Å². The Labute approximate surface area is 166 Å². The van der Waals surface area contributed by atoms with Gasteiger partial charge in [-0.1, -0.05) is 24.5 Å². The third-order valence-electron chi connectivity index (χ3n) is 5.96. The van der Waals surface area contributed by atoms with Crippen molar-refractivity contribution in [2.24, 2.45) is 7.05 Å². The number of hydrogen-bond acceptors (Lipinski definition) is 3. The second-order valence-electron chi connectivity index (χ2n) is 8.00. The molecule has 2 saturated heterocycles. The molecular formula is C22H29N3O3. The molecule has 2 amide bonds. The third-order valence-corrected chi connectivity index (χ3v) is 5.96. The Morgan fingerprint density at radius 2 is 1.75 bits per heavy atom. The van der Waals surface area contributed by atoms with Gasteiger partial charge in [-0.2, -0.15) is 0 Å². The number of amides is 2. The van der Waals surface area contributed by atoms with Gasteiger partial charge in [0, 0.05) is 37.6 Å². The van der Waals surface area contributed by atoms with Crippen LogP contribution in [0.2, 0.25) is 0 Å². The fourth-order valence-corrected chi connectivity index (χ4v) is 4.31. The van der Waals surface area contributed by atoms with Crippen molar-refractivity contribution in [3.05, 3.63) is 35.5 Å². The summed E-state index contributed by atoms with van der Waals surface area (Å²) in [5.41, 5.74) is 2.87. The first-order valence-corrected chi connectivity index (χ1v) is 10.3. The highest BCUT2D eigenvalue weighted by molar-refractivity contribution is 5.99. The zero-order chi connectivity index (χ0) is 19.7. The van der Waals surface area contributed by atoms with Crippen LogP contribution in [-0.4, -0.2) is 65.1 Å². The van der Waals surface area contributed by atoms with Crippen LogP contribution in [-0.2, 0) is 16.6 Å². The number of aromatic nitrogens is 1. The van der Waals surface area contributed by atoms with Crippen molar-refractivity contribution < 1.29 is 14.3 Å². The SMILES string of the molecule is Cc1ccc2c(c1)cc(C(=O)N1CCOC(C(=O)N3CCCCCC3)C1)n2C. The summed E-state index contributed by atoms with van der Waals surface area (Å²) in [7, 11) is 1.92. The summed E-state index contributed by atoms with van der Waals surface area (Å²) in [6, 6.07) is 8.15. The van der Waals surface area contributed by atoms with E-state index in [1.54, 1.807) is 4.90 Å². The van der Waals surface area contributed by atoms with Gasteiger partial charge in [0.15, 0.2) is 6.10 Å². The number of carbonyl (C=O) groups excluding carboxylic acids is 2. The predicted molar refractivity (Wildman–Crippen MR) is 108 cm³/mol. The van der Waals surface area contributed by atoms with Crippen LogP contribution in [0.5, 0.6) is 0 Å². The van der Waals surface area contributed by atoms with Crippen molar-refractivity contribution in [3.63, 3.8) is 0 Å². The van der Waals surface area contributed by atoms with Gasteiger partial charge in [0.1, 0.15) is 5.69 Å². The summed E-state index contributed by atoms with van der Waals surface area (Å²) in [4.78, 5) is 29.8. The van der Waals surface area contributed by atoms with Gasteiger partial charge in [-0.15, -0.1) is 0 Å². The first-order valence-electron chi connectivity index (χ1n) is 10.3. The van der Waals surface area contributed by atoms with E-state index >= 15 is 0 Å². The molecule has 1 aromatic heterocycles. The van der Waals surface area contributed by atoms with Gasteiger partial charge in [-0.25, -0.2) is 0 Å². The number of ether oxygens (including phenoxy) is 1. The number of aryl methyl sites for hydroxylation is 2. The second kappa shape index (κ2) is 7.95. The number of likely N-dealkylation sites (tertiary alicyclic amines) is 1. The van der Waals surface area contributed by atoms with Gasteiger partial charge < -0.3 is 19.1 Å². The van der Waals surface area contributed by atoms with Crippen molar-refractivity contribution in [2.75, 3.05) is 32.8 Å². The van der Waals surface area contributed by atoms with E-state index in [-0.39, 0.29) is 11.8 Å². The molecule has 0 saturated carbocycles. The molecule has 2 aliphatic rings. The fourth-order valence-electron chi connectivity index (χ4n) is 4.31. The maximum absolute atomic E-state index is 13.2. The lowest BCUT2D eigenvalue weighted by Gasteiger charge is -2.34. The number of fused-ring (bicyclic) bond motifs is 1. The number of benzene rings is 1. The summed E-state index contributed by atoms with van der Waals surface area (Å²) in [5.74, 6) is 0.000358. The Morgan fingerprint density at radius 1 is 1.00 bits per heavy atom. The van der Waals surface area contributed by atoms with E-state index in [2.05, 4.69) is 19.1 Å². The molecule has 4 rings (SSSR count). The lowest BCUT2D eigenvalue weighted by Crippen LogP contribution is -2.53. The largest absolute Gasteiger partial charge is 0.365 e. The standard InChI is InChI=1S/C22H29N3O3/c1-16-7-8-18-17(13-16)14-19(23(18)2)21(26)25-11-12-28-20(15-25)22(27)24-9-5-3-4-6-10-24/h7-8,13-14,20H,3-6,9-12,15H2,1-2H3. The summed E-state index contributed by atoms with van der Waals surface area (Å²) < 4.78 is 7.71. The average molecular weight is 383 g/mol. The highest BCUT2D eigenvalue weighted by Crippen LogP contribution is 2.22. The van der Waals surface area contributed by atoms with E-state index in [4.69, 9.17) is 4.74 Å². The average Bonchev–Trinajstić information content (AvgIpc) is 2.89. The van der Waals surface area contributed by atoms with Gasteiger partial charge >= 0.3 is 0 Å². The Kier molecular flexibility index (Phi) is 5.40. The number of morpholine rings is 1. The predicted octanol–water partition coefficient (Wildman–Crippen LogP) is 2.73. The van der Waals surface area contributed by atoms with E-state index in [0.717, 1.165) is 36.8 Å². The van der Waals surface area contributed by atoms with Crippen LogP contribution < -0.4 is 0 Å². The summed E-state index contributed by atoms with van der Waals surface area (Å²) in [6.07, 6.45) is 3.92. The van der Waals surface area contributed by atoms with Crippen molar-refractivity contribution in [1.29, 1.82) is 0 Å². The first-order chi connectivity index (χ1) is 13.5. The maximum Gasteiger partial charge on any atom is 0.270 e. The summed E-state index contributed by atoms with van der Waals surface area (Å²) in [6.45, 7) is 4.90. The van der Waals surface area contributed by atoms with Gasteiger partial charge in [0.2, 0.25) is 0 Å². The quantitative estimate of drug-likeness (QED) is 0.801. The number of carbonyl (C=O) groups is 2. The molecule has 2 aliphatic heterocycles. The molecule has 1 unspecified atom stereocenters. The highest BCUT2D eigenvalue weighted by atomic mass is 16.5. The van der Waals surface area contributed by atoms with Crippen LogP contribution in [0.25, 0.3) is 10.9 Å². The molecule has 0 spiro atoms. The number of rotatable bonds is 2. The van der Waals surface area contributed by atoms with Gasteiger partial charge in [-0.05, 0) is 38.0 Å². The smallest absolute Gasteiger partial charge is 0.270 e. The zero-order valence-corrected chi connectivity index (χ0v) is 16.8. The molecule has 150 valence electrons. The summed E-state index contributed by atoms with van der Waals surface area (Å²) >= 11 is 0. The molecule has 0 N–H and O–H groups in total.